The number of aromatic nitrogens is 2. The van der Waals surface area contributed by atoms with Crippen molar-refractivity contribution in [3.63, 3.8) is 0 Å². The Morgan fingerprint density at radius 2 is 1.88 bits per heavy atom. The van der Waals surface area contributed by atoms with E-state index in [1.54, 1.807) is 0 Å². The number of anilines is 1. The highest BCUT2D eigenvalue weighted by Gasteiger charge is 2.42. The third-order valence-corrected chi connectivity index (χ3v) is 5.57. The van der Waals surface area contributed by atoms with Gasteiger partial charge in [-0.3, -0.25) is 4.79 Å². The number of nitrogens with zero attached hydrogens (tertiary/aromatic N) is 4. The molecule has 130 valence electrons. The van der Waals surface area contributed by atoms with Crippen molar-refractivity contribution in [3.8, 4) is 0 Å². The van der Waals surface area contributed by atoms with Crippen molar-refractivity contribution in [1.82, 2.24) is 14.9 Å². The van der Waals surface area contributed by atoms with Crippen molar-refractivity contribution in [2.24, 2.45) is 11.8 Å². The van der Waals surface area contributed by atoms with Crippen LogP contribution in [0.25, 0.3) is 0 Å². The second-order valence-corrected chi connectivity index (χ2v) is 7.40. The number of carbonyl (C=O) groups excluding carboxylic acids is 1. The predicted molar refractivity (Wildman–Crippen MR) is 97.7 cm³/mol. The van der Waals surface area contributed by atoms with E-state index in [0.717, 1.165) is 43.4 Å². The van der Waals surface area contributed by atoms with Crippen molar-refractivity contribution in [2.75, 3.05) is 31.1 Å². The van der Waals surface area contributed by atoms with Crippen LogP contribution in [0, 0.1) is 18.8 Å². The number of hydrogen-bond donors (Lipinski definition) is 0. The lowest BCUT2D eigenvalue weighted by atomic mass is 10.0. The van der Waals surface area contributed by atoms with Crippen molar-refractivity contribution in [3.05, 3.63) is 52.8 Å². The molecule has 3 heterocycles. The van der Waals surface area contributed by atoms with Gasteiger partial charge in [-0.1, -0.05) is 29.8 Å². The van der Waals surface area contributed by atoms with Crippen molar-refractivity contribution < 1.29 is 4.79 Å². The molecule has 2 unspecified atom stereocenters. The summed E-state index contributed by atoms with van der Waals surface area (Å²) < 4.78 is 0. The maximum absolute atomic E-state index is 12.6. The van der Waals surface area contributed by atoms with Gasteiger partial charge in [0, 0.05) is 54.9 Å². The molecule has 0 bridgehead atoms. The maximum atomic E-state index is 12.6. The Labute approximate surface area is 152 Å². The lowest BCUT2D eigenvalue weighted by Crippen LogP contribution is -2.34. The van der Waals surface area contributed by atoms with E-state index in [1.165, 1.54) is 0 Å². The lowest BCUT2D eigenvalue weighted by Gasteiger charge is -2.22. The molecule has 4 rings (SSSR count). The molecule has 2 aliphatic rings. The number of halogens is 1. The smallest absolute Gasteiger partial charge is 0.227 e. The lowest BCUT2D eigenvalue weighted by molar-refractivity contribution is -0.129. The van der Waals surface area contributed by atoms with E-state index in [2.05, 4.69) is 14.9 Å². The average Bonchev–Trinajstić information content (AvgIpc) is 3.16. The molecular formula is C19H21ClN4O. The Morgan fingerprint density at radius 1 is 1.16 bits per heavy atom. The highest BCUT2D eigenvalue weighted by molar-refractivity contribution is 6.31. The zero-order valence-electron chi connectivity index (χ0n) is 14.2. The van der Waals surface area contributed by atoms with E-state index >= 15 is 0 Å². The van der Waals surface area contributed by atoms with Crippen LogP contribution in [-0.2, 0) is 11.2 Å². The van der Waals surface area contributed by atoms with Gasteiger partial charge in [0.15, 0.2) is 0 Å². The summed E-state index contributed by atoms with van der Waals surface area (Å²) in [6.07, 6.45) is 2.19. The Kier molecular flexibility index (Phi) is 4.34. The van der Waals surface area contributed by atoms with Gasteiger partial charge in [-0.2, -0.15) is 0 Å². The van der Waals surface area contributed by atoms with E-state index in [0.29, 0.717) is 23.3 Å². The molecule has 0 N–H and O–H groups in total. The molecule has 1 aromatic carbocycles. The minimum Gasteiger partial charge on any atom is -0.342 e. The first-order chi connectivity index (χ1) is 12.1. The third kappa shape index (κ3) is 3.33. The second-order valence-electron chi connectivity index (χ2n) is 6.99. The zero-order chi connectivity index (χ0) is 17.4. The van der Waals surface area contributed by atoms with Crippen LogP contribution in [0.4, 0.5) is 5.95 Å². The quantitative estimate of drug-likeness (QED) is 0.848. The van der Waals surface area contributed by atoms with E-state index in [9.17, 15) is 4.79 Å². The topological polar surface area (TPSA) is 49.3 Å². The number of aryl methyl sites for hydroxylation is 1. The van der Waals surface area contributed by atoms with Crippen LogP contribution in [-0.4, -0.2) is 47.0 Å². The summed E-state index contributed by atoms with van der Waals surface area (Å²) in [7, 11) is 0. The fourth-order valence-corrected chi connectivity index (χ4v) is 4.07. The SMILES string of the molecule is Cc1ccnc(N2CC3CN(C(=O)Cc4ccccc4Cl)CC3C2)n1. The molecule has 2 aromatic rings. The van der Waals surface area contributed by atoms with Crippen LogP contribution in [0.3, 0.4) is 0 Å². The normalized spacial score (nSPS) is 22.3. The van der Waals surface area contributed by atoms with Crippen LogP contribution in [0.5, 0.6) is 0 Å². The van der Waals surface area contributed by atoms with Crippen LogP contribution in [0.15, 0.2) is 36.5 Å². The largest absolute Gasteiger partial charge is 0.342 e. The second kappa shape index (κ2) is 6.64. The molecule has 1 aromatic heterocycles. The molecule has 0 spiro atoms. The van der Waals surface area contributed by atoms with Gasteiger partial charge in [0.2, 0.25) is 11.9 Å². The molecule has 2 saturated heterocycles. The summed E-state index contributed by atoms with van der Waals surface area (Å²) in [6.45, 7) is 5.46. The van der Waals surface area contributed by atoms with Crippen molar-refractivity contribution >= 4 is 23.5 Å². The molecule has 0 aliphatic carbocycles. The fourth-order valence-electron chi connectivity index (χ4n) is 3.86. The van der Waals surface area contributed by atoms with Gasteiger partial charge in [-0.15, -0.1) is 0 Å². The summed E-state index contributed by atoms with van der Waals surface area (Å²) >= 11 is 6.18. The van der Waals surface area contributed by atoms with Gasteiger partial charge in [0.25, 0.3) is 0 Å². The summed E-state index contributed by atoms with van der Waals surface area (Å²) in [5, 5.41) is 0.665. The molecular weight excluding hydrogens is 336 g/mol. The van der Waals surface area contributed by atoms with Gasteiger partial charge in [-0.25, -0.2) is 9.97 Å². The first kappa shape index (κ1) is 16.3. The molecule has 1 amide bonds. The van der Waals surface area contributed by atoms with Crippen molar-refractivity contribution in [2.45, 2.75) is 13.3 Å². The molecule has 0 radical (unpaired) electrons. The average molecular weight is 357 g/mol. The van der Waals surface area contributed by atoms with Crippen LogP contribution in [0.2, 0.25) is 5.02 Å². The number of fused-ring (bicyclic) bond motifs is 1. The van der Waals surface area contributed by atoms with Gasteiger partial charge >= 0.3 is 0 Å². The number of rotatable bonds is 3. The van der Waals surface area contributed by atoms with Gasteiger partial charge in [-0.05, 0) is 24.6 Å². The van der Waals surface area contributed by atoms with Crippen molar-refractivity contribution in [1.29, 1.82) is 0 Å². The first-order valence-corrected chi connectivity index (χ1v) is 9.04. The highest BCUT2D eigenvalue weighted by Crippen LogP contribution is 2.33. The van der Waals surface area contributed by atoms with Crippen LogP contribution < -0.4 is 4.90 Å². The number of benzene rings is 1. The minimum absolute atomic E-state index is 0.167. The number of likely N-dealkylation sites (tertiary alicyclic amines) is 1. The van der Waals surface area contributed by atoms with E-state index < -0.39 is 0 Å². The summed E-state index contributed by atoms with van der Waals surface area (Å²) in [6, 6.07) is 9.48. The van der Waals surface area contributed by atoms with Crippen LogP contribution in [0.1, 0.15) is 11.3 Å². The van der Waals surface area contributed by atoms with Gasteiger partial charge < -0.3 is 9.80 Å². The molecule has 2 aliphatic heterocycles. The Morgan fingerprint density at radius 3 is 2.56 bits per heavy atom. The highest BCUT2D eigenvalue weighted by atomic mass is 35.5. The van der Waals surface area contributed by atoms with E-state index in [1.807, 2.05) is 48.4 Å². The van der Waals surface area contributed by atoms with Crippen LogP contribution >= 0.6 is 11.6 Å². The maximum Gasteiger partial charge on any atom is 0.227 e. The summed E-state index contributed by atoms with van der Waals surface area (Å²) in [5.74, 6) is 1.97. The van der Waals surface area contributed by atoms with E-state index in [4.69, 9.17) is 11.6 Å². The molecule has 5 nitrogen and oxygen atoms in total. The fraction of sp³-hybridized carbons (Fsp3) is 0.421. The Hall–Kier alpha value is -2.14. The number of hydrogen-bond acceptors (Lipinski definition) is 4. The molecule has 0 saturated carbocycles. The minimum atomic E-state index is 0.167. The Bertz CT molecular complexity index is 782. The standard InChI is InChI=1S/C19H21ClN4O/c1-13-6-7-21-19(22-13)24-11-15-9-23(10-16(15)12-24)18(25)8-14-4-2-3-5-17(14)20/h2-7,15-16H,8-12H2,1H3. The van der Waals surface area contributed by atoms with Gasteiger partial charge in [0.1, 0.15) is 0 Å². The predicted octanol–water partition coefficient (Wildman–Crippen LogP) is 2.58. The summed E-state index contributed by atoms with van der Waals surface area (Å²) in [5.41, 5.74) is 1.89. The monoisotopic (exact) mass is 356 g/mol. The molecule has 2 atom stereocenters. The summed E-state index contributed by atoms with van der Waals surface area (Å²) in [4.78, 5) is 25.8. The molecule has 25 heavy (non-hydrogen) atoms. The number of carbonyl (C=O) groups is 1. The molecule has 2 fully saturated rings. The first-order valence-electron chi connectivity index (χ1n) is 8.66. The molecule has 6 heteroatoms. The third-order valence-electron chi connectivity index (χ3n) is 5.20. The van der Waals surface area contributed by atoms with E-state index in [-0.39, 0.29) is 5.91 Å². The Balaban J connectivity index is 1.38. The number of amides is 1. The zero-order valence-corrected chi connectivity index (χ0v) is 15.0. The van der Waals surface area contributed by atoms with Gasteiger partial charge in [0.05, 0.1) is 6.42 Å².